The van der Waals surface area contributed by atoms with Gasteiger partial charge in [0.25, 0.3) is 5.91 Å². The molecule has 6 nitrogen and oxygen atoms in total. The molecule has 0 aliphatic heterocycles. The Kier molecular flexibility index (Phi) is 5.86. The summed E-state index contributed by atoms with van der Waals surface area (Å²) in [7, 11) is 0. The van der Waals surface area contributed by atoms with Crippen molar-refractivity contribution in [2.45, 2.75) is 13.8 Å². The predicted molar refractivity (Wildman–Crippen MR) is 109 cm³/mol. The second-order valence-electron chi connectivity index (χ2n) is 6.06. The van der Waals surface area contributed by atoms with Crippen LogP contribution >= 0.6 is 11.3 Å². The van der Waals surface area contributed by atoms with Gasteiger partial charge in [0.15, 0.2) is 0 Å². The Morgan fingerprint density at radius 2 is 1.71 bits per heavy atom. The fraction of sp³-hybridized carbons (Fsp3) is 0.0952. The molecule has 0 aliphatic carbocycles. The summed E-state index contributed by atoms with van der Waals surface area (Å²) >= 11 is 1.36. The minimum atomic E-state index is -0.540. The predicted octanol–water partition coefficient (Wildman–Crippen LogP) is 4.49. The van der Waals surface area contributed by atoms with E-state index in [0.717, 1.165) is 5.56 Å². The summed E-state index contributed by atoms with van der Waals surface area (Å²) in [5.41, 5.74) is 2.33. The third-order valence-corrected chi connectivity index (χ3v) is 4.72. The Morgan fingerprint density at radius 1 is 0.964 bits per heavy atom. The van der Waals surface area contributed by atoms with Crippen molar-refractivity contribution >= 4 is 40.5 Å². The number of nitrogens with one attached hydrogen (secondary N) is 2. The molecule has 0 bridgehead atoms. The number of thiophene rings is 1. The topological polar surface area (TPSA) is 84.5 Å². The molecule has 2 amide bonds. The van der Waals surface area contributed by atoms with E-state index >= 15 is 0 Å². The molecule has 2 aromatic carbocycles. The van der Waals surface area contributed by atoms with E-state index in [1.54, 1.807) is 48.5 Å². The fourth-order valence-corrected chi connectivity index (χ4v) is 3.06. The first-order chi connectivity index (χ1) is 13.4. The molecule has 0 spiro atoms. The molecule has 3 aromatic rings. The van der Waals surface area contributed by atoms with Gasteiger partial charge in [-0.1, -0.05) is 12.1 Å². The molecule has 142 valence electrons. The molecule has 7 heteroatoms. The van der Waals surface area contributed by atoms with E-state index < -0.39 is 5.97 Å². The molecule has 1 heterocycles. The molecular formula is C21H18N2O4S. The fourth-order valence-electron chi connectivity index (χ4n) is 2.45. The highest BCUT2D eigenvalue weighted by Crippen LogP contribution is 2.21. The van der Waals surface area contributed by atoms with Crippen LogP contribution in [0.2, 0.25) is 0 Å². The molecular weight excluding hydrogens is 376 g/mol. The van der Waals surface area contributed by atoms with Crippen LogP contribution in [0, 0.1) is 6.92 Å². The van der Waals surface area contributed by atoms with E-state index in [-0.39, 0.29) is 11.8 Å². The highest BCUT2D eigenvalue weighted by molar-refractivity contribution is 7.12. The SMILES string of the molecule is CC(=O)Nc1cc(C(=O)Oc2ccc(NC(=O)c3cccs3)cc2)ccc1C. The van der Waals surface area contributed by atoms with E-state index in [1.165, 1.54) is 18.3 Å². The maximum absolute atomic E-state index is 12.4. The molecule has 2 N–H and O–H groups in total. The lowest BCUT2D eigenvalue weighted by molar-refractivity contribution is -0.114. The summed E-state index contributed by atoms with van der Waals surface area (Å²) in [5.74, 6) is -0.596. The van der Waals surface area contributed by atoms with Crippen molar-refractivity contribution < 1.29 is 19.1 Å². The molecule has 0 saturated heterocycles. The number of carbonyl (C=O) groups is 3. The van der Waals surface area contributed by atoms with Crippen molar-refractivity contribution in [2.75, 3.05) is 10.6 Å². The van der Waals surface area contributed by atoms with Gasteiger partial charge in [0, 0.05) is 18.3 Å². The number of aryl methyl sites for hydroxylation is 1. The van der Waals surface area contributed by atoms with Crippen LogP contribution in [0.15, 0.2) is 60.0 Å². The quantitative estimate of drug-likeness (QED) is 0.493. The molecule has 1 aromatic heterocycles. The van der Waals surface area contributed by atoms with Gasteiger partial charge in [-0.05, 0) is 60.3 Å². The molecule has 0 radical (unpaired) electrons. The van der Waals surface area contributed by atoms with Crippen LogP contribution in [0.1, 0.15) is 32.5 Å². The third-order valence-electron chi connectivity index (χ3n) is 3.85. The van der Waals surface area contributed by atoms with E-state index in [0.29, 0.717) is 27.6 Å². The molecule has 0 atom stereocenters. The minimum Gasteiger partial charge on any atom is -0.423 e. The Morgan fingerprint density at radius 3 is 2.36 bits per heavy atom. The number of ether oxygens (including phenoxy) is 1. The smallest absolute Gasteiger partial charge is 0.343 e. The molecule has 28 heavy (non-hydrogen) atoms. The first kappa shape index (κ1) is 19.3. The van der Waals surface area contributed by atoms with Gasteiger partial charge in [0.2, 0.25) is 5.91 Å². The largest absolute Gasteiger partial charge is 0.423 e. The number of rotatable bonds is 5. The molecule has 0 unspecified atom stereocenters. The van der Waals surface area contributed by atoms with E-state index in [9.17, 15) is 14.4 Å². The third kappa shape index (κ3) is 4.83. The van der Waals surface area contributed by atoms with Gasteiger partial charge in [-0.3, -0.25) is 9.59 Å². The monoisotopic (exact) mass is 394 g/mol. The summed E-state index contributed by atoms with van der Waals surface area (Å²) in [6.07, 6.45) is 0. The number of amides is 2. The summed E-state index contributed by atoms with van der Waals surface area (Å²) in [4.78, 5) is 36.3. The number of hydrogen-bond donors (Lipinski definition) is 2. The Bertz CT molecular complexity index is 1010. The van der Waals surface area contributed by atoms with Crippen molar-refractivity contribution in [1.29, 1.82) is 0 Å². The van der Waals surface area contributed by atoms with Gasteiger partial charge in [-0.25, -0.2) is 4.79 Å². The van der Waals surface area contributed by atoms with Crippen molar-refractivity contribution in [3.8, 4) is 5.75 Å². The zero-order chi connectivity index (χ0) is 20.1. The van der Waals surface area contributed by atoms with Gasteiger partial charge in [-0.2, -0.15) is 0 Å². The van der Waals surface area contributed by atoms with E-state index in [1.807, 2.05) is 18.4 Å². The van der Waals surface area contributed by atoms with Gasteiger partial charge in [0.1, 0.15) is 5.75 Å². The van der Waals surface area contributed by atoms with Crippen LogP contribution in [0.4, 0.5) is 11.4 Å². The van der Waals surface area contributed by atoms with Crippen LogP contribution in [-0.4, -0.2) is 17.8 Å². The van der Waals surface area contributed by atoms with Crippen LogP contribution in [0.3, 0.4) is 0 Å². The zero-order valence-electron chi connectivity index (χ0n) is 15.3. The lowest BCUT2D eigenvalue weighted by atomic mass is 10.1. The van der Waals surface area contributed by atoms with Gasteiger partial charge < -0.3 is 15.4 Å². The average Bonchev–Trinajstić information content (AvgIpc) is 3.19. The average molecular weight is 394 g/mol. The van der Waals surface area contributed by atoms with Crippen LogP contribution in [0.5, 0.6) is 5.75 Å². The molecule has 3 rings (SSSR count). The summed E-state index contributed by atoms with van der Waals surface area (Å²) in [5, 5.41) is 7.30. The number of esters is 1. The number of hydrogen-bond acceptors (Lipinski definition) is 5. The van der Waals surface area contributed by atoms with Crippen LogP contribution < -0.4 is 15.4 Å². The Labute approximate surface area is 166 Å². The molecule has 0 saturated carbocycles. The second kappa shape index (κ2) is 8.49. The van der Waals surface area contributed by atoms with Gasteiger partial charge in [-0.15, -0.1) is 11.3 Å². The number of carbonyl (C=O) groups excluding carboxylic acids is 3. The lowest BCUT2D eigenvalue weighted by Crippen LogP contribution is -2.12. The standard InChI is InChI=1S/C21H18N2O4S/c1-13-5-6-15(12-18(13)22-14(2)24)21(26)27-17-9-7-16(8-10-17)23-20(25)19-4-3-11-28-19/h3-12H,1-2H3,(H,22,24)(H,23,25). The second-order valence-corrected chi connectivity index (χ2v) is 7.00. The summed E-state index contributed by atoms with van der Waals surface area (Å²) in [6, 6.07) is 15.0. The number of anilines is 2. The van der Waals surface area contributed by atoms with E-state index in [2.05, 4.69) is 10.6 Å². The normalized spacial score (nSPS) is 10.2. The van der Waals surface area contributed by atoms with Crippen LogP contribution in [0.25, 0.3) is 0 Å². The molecule has 0 fully saturated rings. The Balaban J connectivity index is 1.66. The molecule has 0 aliphatic rings. The van der Waals surface area contributed by atoms with Crippen molar-refractivity contribution in [1.82, 2.24) is 0 Å². The highest BCUT2D eigenvalue weighted by Gasteiger charge is 2.12. The lowest BCUT2D eigenvalue weighted by Gasteiger charge is -2.10. The van der Waals surface area contributed by atoms with Crippen molar-refractivity contribution in [3.05, 3.63) is 76.0 Å². The van der Waals surface area contributed by atoms with Crippen molar-refractivity contribution in [3.63, 3.8) is 0 Å². The van der Waals surface area contributed by atoms with Gasteiger partial charge >= 0.3 is 5.97 Å². The first-order valence-electron chi connectivity index (χ1n) is 8.48. The number of benzene rings is 2. The van der Waals surface area contributed by atoms with E-state index in [4.69, 9.17) is 4.74 Å². The highest BCUT2D eigenvalue weighted by atomic mass is 32.1. The zero-order valence-corrected chi connectivity index (χ0v) is 16.1. The minimum absolute atomic E-state index is 0.190. The summed E-state index contributed by atoms with van der Waals surface area (Å²) < 4.78 is 5.37. The maximum atomic E-state index is 12.4. The van der Waals surface area contributed by atoms with Gasteiger partial charge in [0.05, 0.1) is 10.4 Å². The Hall–Kier alpha value is -3.45. The maximum Gasteiger partial charge on any atom is 0.343 e. The van der Waals surface area contributed by atoms with Crippen LogP contribution in [-0.2, 0) is 4.79 Å². The summed E-state index contributed by atoms with van der Waals surface area (Å²) in [6.45, 7) is 3.24. The van der Waals surface area contributed by atoms with Crippen molar-refractivity contribution in [2.24, 2.45) is 0 Å². The first-order valence-corrected chi connectivity index (χ1v) is 9.35.